The number of nitrogens with zero attached hydrogens (tertiary/aromatic N) is 1. The van der Waals surface area contributed by atoms with Gasteiger partial charge in [0, 0.05) is 6.54 Å². The highest BCUT2D eigenvalue weighted by molar-refractivity contribution is 5.82. The van der Waals surface area contributed by atoms with Crippen LogP contribution in [-0.4, -0.2) is 36.8 Å². The maximum absolute atomic E-state index is 11.0. The normalized spacial score (nSPS) is 33.6. The van der Waals surface area contributed by atoms with Crippen molar-refractivity contribution in [2.45, 2.75) is 6.04 Å². The van der Waals surface area contributed by atoms with Crippen molar-refractivity contribution in [3.05, 3.63) is 0 Å². The number of fused-ring (bicyclic) bond motifs is 1. The van der Waals surface area contributed by atoms with Gasteiger partial charge in [0.15, 0.2) is 0 Å². The van der Waals surface area contributed by atoms with Crippen LogP contribution in [0.15, 0.2) is 0 Å². The molecule has 1 atom stereocenters. The van der Waals surface area contributed by atoms with Gasteiger partial charge in [0.1, 0.15) is 6.04 Å². The molecule has 2 saturated heterocycles. The summed E-state index contributed by atoms with van der Waals surface area (Å²) in [6.45, 7) is 2.06. The van der Waals surface area contributed by atoms with Crippen molar-refractivity contribution in [1.29, 1.82) is 0 Å². The molecule has 5 nitrogen and oxygen atoms in total. The summed E-state index contributed by atoms with van der Waals surface area (Å²) in [4.78, 5) is 11.0. The summed E-state index contributed by atoms with van der Waals surface area (Å²) in [5, 5.41) is 7.73. The van der Waals surface area contributed by atoms with Gasteiger partial charge in [-0.2, -0.15) is 0 Å². The van der Waals surface area contributed by atoms with Crippen molar-refractivity contribution in [3.63, 3.8) is 0 Å². The predicted octanol–water partition coefficient (Wildman–Crippen LogP) is -2.19. The Balaban J connectivity index is 2.10. The highest BCUT2D eigenvalue weighted by Crippen LogP contribution is 2.02. The van der Waals surface area contributed by atoms with Gasteiger partial charge in [0.25, 0.3) is 0 Å². The van der Waals surface area contributed by atoms with Crippen molar-refractivity contribution >= 4 is 5.91 Å². The first-order chi connectivity index (χ1) is 4.88. The third kappa shape index (κ3) is 0.792. The van der Waals surface area contributed by atoms with E-state index in [9.17, 15) is 4.79 Å². The fraction of sp³-hybridized carbons (Fsp3) is 0.800. The second kappa shape index (κ2) is 2.19. The Labute approximate surface area is 58.7 Å². The molecule has 5 heteroatoms. The lowest BCUT2D eigenvalue weighted by Gasteiger charge is -2.28. The molecule has 0 aliphatic carbocycles. The molecule has 0 saturated carbocycles. The lowest BCUT2D eigenvalue weighted by molar-refractivity contribution is -0.129. The van der Waals surface area contributed by atoms with Gasteiger partial charge in [-0.15, -0.1) is 0 Å². The molecule has 2 aliphatic rings. The number of hydrogen-bond acceptors (Lipinski definition) is 4. The first kappa shape index (κ1) is 6.09. The number of amides is 1. The Kier molecular flexibility index (Phi) is 1.33. The predicted molar refractivity (Wildman–Crippen MR) is 34.6 cm³/mol. The lowest BCUT2D eigenvalue weighted by Crippen LogP contribution is -2.59. The molecule has 2 fully saturated rings. The quantitative estimate of drug-likeness (QED) is 0.359. The number of hydrazine groups is 1. The molecule has 1 unspecified atom stereocenters. The smallest absolute Gasteiger partial charge is 0.241 e. The molecule has 2 rings (SSSR count). The van der Waals surface area contributed by atoms with Gasteiger partial charge in [-0.3, -0.25) is 4.79 Å². The van der Waals surface area contributed by atoms with Gasteiger partial charge in [0.05, 0.1) is 13.3 Å². The standard InChI is InChI=1S/C5H10N4O/c10-5-4-1-6-3-9(4)8-2-7-5/h4,6,8H,1-3H2,(H,7,10). The highest BCUT2D eigenvalue weighted by atomic mass is 16.2. The van der Waals surface area contributed by atoms with E-state index in [0.29, 0.717) is 6.67 Å². The fourth-order valence-corrected chi connectivity index (χ4v) is 1.29. The van der Waals surface area contributed by atoms with E-state index < -0.39 is 0 Å². The van der Waals surface area contributed by atoms with Crippen LogP contribution in [0.2, 0.25) is 0 Å². The zero-order chi connectivity index (χ0) is 6.97. The minimum absolute atomic E-state index is 0.00579. The van der Waals surface area contributed by atoms with Crippen molar-refractivity contribution in [3.8, 4) is 0 Å². The minimum Gasteiger partial charge on any atom is -0.341 e. The third-order valence-corrected chi connectivity index (χ3v) is 1.84. The van der Waals surface area contributed by atoms with E-state index in [4.69, 9.17) is 0 Å². The van der Waals surface area contributed by atoms with Crippen LogP contribution in [0.4, 0.5) is 0 Å². The zero-order valence-corrected chi connectivity index (χ0v) is 5.55. The first-order valence-electron chi connectivity index (χ1n) is 3.36. The van der Waals surface area contributed by atoms with Crippen LogP contribution >= 0.6 is 0 Å². The second-order valence-electron chi connectivity index (χ2n) is 2.47. The molecule has 0 aromatic rings. The first-order valence-corrected chi connectivity index (χ1v) is 3.36. The Bertz CT molecular complexity index is 160. The van der Waals surface area contributed by atoms with Crippen molar-refractivity contribution in [2.24, 2.45) is 0 Å². The maximum Gasteiger partial charge on any atom is 0.241 e. The van der Waals surface area contributed by atoms with E-state index in [1.807, 2.05) is 5.01 Å². The monoisotopic (exact) mass is 142 g/mol. The Morgan fingerprint density at radius 1 is 1.60 bits per heavy atom. The summed E-state index contributed by atoms with van der Waals surface area (Å²) >= 11 is 0. The van der Waals surface area contributed by atoms with E-state index in [1.54, 1.807) is 0 Å². The number of carbonyl (C=O) groups is 1. The van der Waals surface area contributed by atoms with Gasteiger partial charge >= 0.3 is 0 Å². The van der Waals surface area contributed by atoms with E-state index in [1.165, 1.54) is 0 Å². The molecule has 0 radical (unpaired) electrons. The van der Waals surface area contributed by atoms with Gasteiger partial charge in [-0.05, 0) is 0 Å². The molecular formula is C5H10N4O. The molecule has 10 heavy (non-hydrogen) atoms. The van der Waals surface area contributed by atoms with Gasteiger partial charge in [-0.1, -0.05) is 0 Å². The molecule has 0 aromatic heterocycles. The SMILES string of the molecule is O=C1NCNN2CNCC12. The van der Waals surface area contributed by atoms with Crippen molar-refractivity contribution in [1.82, 2.24) is 21.1 Å². The summed E-state index contributed by atoms with van der Waals surface area (Å²) in [5.41, 5.74) is 3.05. The van der Waals surface area contributed by atoms with Crippen LogP contribution in [0.25, 0.3) is 0 Å². The number of nitrogens with one attached hydrogen (secondary N) is 3. The second-order valence-corrected chi connectivity index (χ2v) is 2.47. The molecule has 0 aromatic carbocycles. The number of hydrogen-bond donors (Lipinski definition) is 3. The molecule has 1 amide bonds. The van der Waals surface area contributed by atoms with Crippen LogP contribution < -0.4 is 16.1 Å². The van der Waals surface area contributed by atoms with Gasteiger partial charge in [-0.25, -0.2) is 10.4 Å². The summed E-state index contributed by atoms with van der Waals surface area (Å²) in [7, 11) is 0. The zero-order valence-electron chi connectivity index (χ0n) is 5.55. The van der Waals surface area contributed by atoms with Crippen molar-refractivity contribution in [2.75, 3.05) is 19.9 Å². The third-order valence-electron chi connectivity index (χ3n) is 1.84. The Morgan fingerprint density at radius 2 is 2.50 bits per heavy atom. The average molecular weight is 142 g/mol. The molecule has 2 heterocycles. The van der Waals surface area contributed by atoms with E-state index in [-0.39, 0.29) is 11.9 Å². The molecular weight excluding hydrogens is 132 g/mol. The maximum atomic E-state index is 11.0. The minimum atomic E-state index is -0.00579. The van der Waals surface area contributed by atoms with Crippen LogP contribution in [-0.2, 0) is 4.79 Å². The van der Waals surface area contributed by atoms with Crippen LogP contribution in [0, 0.1) is 0 Å². The van der Waals surface area contributed by atoms with Crippen LogP contribution in [0.3, 0.4) is 0 Å². The number of carbonyl (C=O) groups excluding carboxylic acids is 1. The summed E-state index contributed by atoms with van der Waals surface area (Å²) in [6.07, 6.45) is 0. The Hall–Kier alpha value is -0.650. The summed E-state index contributed by atoms with van der Waals surface area (Å²) < 4.78 is 0. The molecule has 0 bridgehead atoms. The molecule has 3 N–H and O–H groups in total. The van der Waals surface area contributed by atoms with Crippen LogP contribution in [0.1, 0.15) is 0 Å². The van der Waals surface area contributed by atoms with E-state index in [2.05, 4.69) is 16.1 Å². The molecule has 56 valence electrons. The van der Waals surface area contributed by atoms with Crippen molar-refractivity contribution < 1.29 is 4.79 Å². The highest BCUT2D eigenvalue weighted by Gasteiger charge is 2.32. The lowest BCUT2D eigenvalue weighted by atomic mass is 10.3. The number of rotatable bonds is 0. The summed E-state index contributed by atoms with van der Waals surface area (Å²) in [6, 6.07) is -0.00579. The van der Waals surface area contributed by atoms with E-state index in [0.717, 1.165) is 13.2 Å². The largest absolute Gasteiger partial charge is 0.341 e. The van der Waals surface area contributed by atoms with Crippen LogP contribution in [0.5, 0.6) is 0 Å². The molecule has 0 spiro atoms. The fourth-order valence-electron chi connectivity index (χ4n) is 1.29. The van der Waals surface area contributed by atoms with E-state index >= 15 is 0 Å². The summed E-state index contributed by atoms with van der Waals surface area (Å²) in [5.74, 6) is 0.115. The van der Waals surface area contributed by atoms with Gasteiger partial charge < -0.3 is 10.6 Å². The Morgan fingerprint density at radius 3 is 3.30 bits per heavy atom. The van der Waals surface area contributed by atoms with Gasteiger partial charge in [0.2, 0.25) is 5.91 Å². The average Bonchev–Trinajstić information content (AvgIpc) is 2.36. The molecule has 2 aliphatic heterocycles. The topological polar surface area (TPSA) is 56.4 Å².